The Bertz CT molecular complexity index is 1130. The van der Waals surface area contributed by atoms with Crippen LogP contribution in [-0.4, -0.2) is 29.4 Å². The molecule has 2 heterocycles. The van der Waals surface area contributed by atoms with Crippen molar-refractivity contribution in [3.8, 4) is 11.1 Å². The second kappa shape index (κ2) is 8.51. The average Bonchev–Trinajstić information content (AvgIpc) is 3.11. The summed E-state index contributed by atoms with van der Waals surface area (Å²) < 4.78 is 14.7. The number of benzene rings is 3. The van der Waals surface area contributed by atoms with Crippen LogP contribution in [0.1, 0.15) is 41.9 Å². The number of amides is 1. The summed E-state index contributed by atoms with van der Waals surface area (Å²) in [6.45, 7) is 4.41. The maximum Gasteiger partial charge on any atom is 0.220 e. The molecule has 164 valence electrons. The van der Waals surface area contributed by atoms with Crippen molar-refractivity contribution in [1.82, 2.24) is 10.2 Å². The molecule has 5 rings (SSSR count). The highest BCUT2D eigenvalue weighted by molar-refractivity contribution is 5.78. The molecule has 3 nitrogen and oxygen atoms in total. The number of halogens is 1. The van der Waals surface area contributed by atoms with Crippen molar-refractivity contribution in [3.05, 3.63) is 95.3 Å². The molecular weight excluding hydrogens is 399 g/mol. The zero-order chi connectivity index (χ0) is 22.1. The number of hydrogen-bond donors (Lipinski definition) is 1. The summed E-state index contributed by atoms with van der Waals surface area (Å²) in [6, 6.07) is 24.2. The Balaban J connectivity index is 1.38. The van der Waals surface area contributed by atoms with Crippen LogP contribution in [0.3, 0.4) is 0 Å². The van der Waals surface area contributed by atoms with Crippen molar-refractivity contribution in [1.29, 1.82) is 0 Å². The van der Waals surface area contributed by atoms with Crippen molar-refractivity contribution in [2.24, 2.45) is 0 Å². The van der Waals surface area contributed by atoms with Gasteiger partial charge in [0.25, 0.3) is 0 Å². The van der Waals surface area contributed by atoms with Crippen LogP contribution < -0.4 is 5.32 Å². The van der Waals surface area contributed by atoms with E-state index in [-0.39, 0.29) is 17.6 Å². The van der Waals surface area contributed by atoms with Gasteiger partial charge in [-0.15, -0.1) is 0 Å². The highest BCUT2D eigenvalue weighted by atomic mass is 19.1. The first-order valence-corrected chi connectivity index (χ1v) is 11.5. The van der Waals surface area contributed by atoms with Gasteiger partial charge >= 0.3 is 0 Å². The van der Waals surface area contributed by atoms with Gasteiger partial charge in [-0.05, 0) is 53.6 Å². The molecule has 0 bridgehead atoms. The van der Waals surface area contributed by atoms with E-state index in [4.69, 9.17) is 0 Å². The lowest BCUT2D eigenvalue weighted by molar-refractivity contribution is -0.125. The van der Waals surface area contributed by atoms with Crippen molar-refractivity contribution in [2.75, 3.05) is 13.1 Å². The van der Waals surface area contributed by atoms with Gasteiger partial charge in [0, 0.05) is 32.0 Å². The molecule has 2 aliphatic heterocycles. The molecule has 32 heavy (non-hydrogen) atoms. The molecule has 2 saturated heterocycles. The zero-order valence-corrected chi connectivity index (χ0v) is 18.5. The molecule has 0 aliphatic carbocycles. The van der Waals surface area contributed by atoms with E-state index < -0.39 is 5.54 Å². The largest absolute Gasteiger partial charge is 0.349 e. The maximum absolute atomic E-state index is 14.7. The third kappa shape index (κ3) is 3.95. The topological polar surface area (TPSA) is 32.3 Å². The summed E-state index contributed by atoms with van der Waals surface area (Å²) in [5.74, 6) is -0.137. The standard InChI is InChI=1S/C28H29FN2O/c1-20-7-2-3-8-23(20)22-14-12-21(13-15-22)17-31-18-25(24-9-4-5-10-26(24)29)28(19-31)16-6-11-27(32)30-28/h2-5,7-10,12-15,25H,6,11,16-19H2,1H3,(H,30,32)/t25-,28+/m0/s1. The van der Waals surface area contributed by atoms with E-state index in [0.717, 1.165) is 32.5 Å². The molecule has 3 aromatic carbocycles. The molecule has 2 aliphatic rings. The average molecular weight is 429 g/mol. The van der Waals surface area contributed by atoms with Crippen LogP contribution in [0.25, 0.3) is 11.1 Å². The highest BCUT2D eigenvalue weighted by Gasteiger charge is 2.49. The SMILES string of the molecule is Cc1ccccc1-c1ccc(CN2C[C@@H](c3ccccc3F)[C@@]3(CCCC(=O)N3)C2)cc1. The second-order valence-electron chi connectivity index (χ2n) is 9.31. The summed E-state index contributed by atoms with van der Waals surface area (Å²) >= 11 is 0. The molecule has 1 amide bonds. The Morgan fingerprint density at radius 2 is 1.78 bits per heavy atom. The number of nitrogens with zero attached hydrogens (tertiary/aromatic N) is 1. The van der Waals surface area contributed by atoms with Crippen molar-refractivity contribution in [3.63, 3.8) is 0 Å². The van der Waals surface area contributed by atoms with Gasteiger partial charge in [-0.1, -0.05) is 66.7 Å². The van der Waals surface area contributed by atoms with Crippen LogP contribution in [0.2, 0.25) is 0 Å². The molecular formula is C28H29FN2O. The zero-order valence-electron chi connectivity index (χ0n) is 18.5. The van der Waals surface area contributed by atoms with E-state index in [0.29, 0.717) is 12.0 Å². The third-order valence-corrected chi connectivity index (χ3v) is 7.13. The first-order valence-electron chi connectivity index (χ1n) is 11.5. The number of likely N-dealkylation sites (tertiary alicyclic amines) is 1. The summed E-state index contributed by atoms with van der Waals surface area (Å²) in [5.41, 5.74) is 5.29. The molecule has 0 unspecified atom stereocenters. The van der Waals surface area contributed by atoms with E-state index in [1.807, 2.05) is 12.1 Å². The predicted octanol–water partition coefficient (Wildman–Crippen LogP) is 5.44. The first kappa shape index (κ1) is 20.9. The Hall–Kier alpha value is -2.98. The summed E-state index contributed by atoms with van der Waals surface area (Å²) in [6.07, 6.45) is 2.31. The van der Waals surface area contributed by atoms with Crippen LogP contribution in [0.4, 0.5) is 4.39 Å². The number of rotatable bonds is 4. The number of carbonyl (C=O) groups excluding carboxylic acids is 1. The molecule has 0 radical (unpaired) electrons. The van der Waals surface area contributed by atoms with Crippen molar-refractivity contribution < 1.29 is 9.18 Å². The Morgan fingerprint density at radius 3 is 2.53 bits per heavy atom. The van der Waals surface area contributed by atoms with Crippen molar-refractivity contribution >= 4 is 5.91 Å². The highest BCUT2D eigenvalue weighted by Crippen LogP contribution is 2.42. The van der Waals surface area contributed by atoms with E-state index in [9.17, 15) is 9.18 Å². The van der Waals surface area contributed by atoms with Crippen LogP contribution in [0.5, 0.6) is 0 Å². The molecule has 1 N–H and O–H groups in total. The summed E-state index contributed by atoms with van der Waals surface area (Å²) in [5, 5.41) is 3.27. The number of hydrogen-bond acceptors (Lipinski definition) is 2. The van der Waals surface area contributed by atoms with Gasteiger partial charge < -0.3 is 5.32 Å². The second-order valence-corrected chi connectivity index (χ2v) is 9.31. The number of nitrogens with one attached hydrogen (secondary N) is 1. The minimum Gasteiger partial charge on any atom is -0.349 e. The van der Waals surface area contributed by atoms with Gasteiger partial charge in [0.15, 0.2) is 0 Å². The molecule has 2 fully saturated rings. The molecule has 4 heteroatoms. The molecule has 0 aromatic heterocycles. The van der Waals surface area contributed by atoms with Crippen LogP contribution in [-0.2, 0) is 11.3 Å². The lowest BCUT2D eigenvalue weighted by Gasteiger charge is -2.39. The third-order valence-electron chi connectivity index (χ3n) is 7.13. The minimum absolute atomic E-state index is 0.0424. The maximum atomic E-state index is 14.7. The fourth-order valence-corrected chi connectivity index (χ4v) is 5.57. The lowest BCUT2D eigenvalue weighted by Crippen LogP contribution is -2.56. The van der Waals surface area contributed by atoms with E-state index in [2.05, 4.69) is 65.7 Å². The Labute approximate surface area is 189 Å². The van der Waals surface area contributed by atoms with Gasteiger partial charge in [-0.25, -0.2) is 4.39 Å². The lowest BCUT2D eigenvalue weighted by atomic mass is 9.76. The van der Waals surface area contributed by atoms with Gasteiger partial charge in [0.05, 0.1) is 5.54 Å². The molecule has 0 saturated carbocycles. The Morgan fingerprint density at radius 1 is 1.03 bits per heavy atom. The normalized spacial score (nSPS) is 23.4. The van der Waals surface area contributed by atoms with Crippen LogP contribution in [0, 0.1) is 12.7 Å². The quantitative estimate of drug-likeness (QED) is 0.600. The van der Waals surface area contributed by atoms with Crippen LogP contribution >= 0.6 is 0 Å². The summed E-state index contributed by atoms with van der Waals surface area (Å²) in [7, 11) is 0. The number of piperidine rings is 1. The molecule has 2 atom stereocenters. The van der Waals surface area contributed by atoms with Gasteiger partial charge in [0.1, 0.15) is 5.82 Å². The molecule has 1 spiro atoms. The van der Waals surface area contributed by atoms with Gasteiger partial charge in [-0.2, -0.15) is 0 Å². The predicted molar refractivity (Wildman–Crippen MR) is 126 cm³/mol. The first-order chi connectivity index (χ1) is 15.5. The number of carbonyl (C=O) groups is 1. The smallest absolute Gasteiger partial charge is 0.220 e. The monoisotopic (exact) mass is 428 g/mol. The fraction of sp³-hybridized carbons (Fsp3) is 0.321. The van der Waals surface area contributed by atoms with Gasteiger partial charge in [-0.3, -0.25) is 9.69 Å². The molecule has 3 aromatic rings. The summed E-state index contributed by atoms with van der Waals surface area (Å²) in [4.78, 5) is 14.7. The van der Waals surface area contributed by atoms with E-state index >= 15 is 0 Å². The van der Waals surface area contributed by atoms with Crippen LogP contribution in [0.15, 0.2) is 72.8 Å². The number of aryl methyl sites for hydroxylation is 1. The van der Waals surface area contributed by atoms with E-state index in [1.54, 1.807) is 6.07 Å². The minimum atomic E-state index is -0.390. The Kier molecular flexibility index (Phi) is 5.56. The van der Waals surface area contributed by atoms with Crippen molar-refractivity contribution in [2.45, 2.75) is 44.2 Å². The fourth-order valence-electron chi connectivity index (χ4n) is 5.57. The van der Waals surface area contributed by atoms with E-state index in [1.165, 1.54) is 28.3 Å². The van der Waals surface area contributed by atoms with Gasteiger partial charge in [0.2, 0.25) is 5.91 Å².